The van der Waals surface area contributed by atoms with Gasteiger partial charge in [0.1, 0.15) is 0 Å². The van der Waals surface area contributed by atoms with E-state index in [0.29, 0.717) is 5.92 Å². The summed E-state index contributed by atoms with van der Waals surface area (Å²) in [4.78, 5) is 0. The van der Waals surface area contributed by atoms with Gasteiger partial charge in [0.15, 0.2) is 0 Å². The lowest BCUT2D eigenvalue weighted by molar-refractivity contribution is 0.0371. The lowest BCUT2D eigenvalue weighted by atomic mass is 9.76. The molecule has 0 aromatic carbocycles. The summed E-state index contributed by atoms with van der Waals surface area (Å²) in [5.41, 5.74) is 0. The summed E-state index contributed by atoms with van der Waals surface area (Å²) in [5.74, 6) is 1.40. The van der Waals surface area contributed by atoms with Crippen molar-refractivity contribution >= 4 is 0 Å². The fraction of sp³-hybridized carbons (Fsp3) is 1.00. The van der Waals surface area contributed by atoms with Gasteiger partial charge in [0, 0.05) is 13.7 Å². The van der Waals surface area contributed by atoms with E-state index in [4.69, 9.17) is 4.74 Å². The second-order valence-corrected chi connectivity index (χ2v) is 4.93. The van der Waals surface area contributed by atoms with E-state index >= 15 is 0 Å². The Morgan fingerprint density at radius 1 is 1.27 bits per heavy atom. The molecule has 3 atom stereocenters. The van der Waals surface area contributed by atoms with Gasteiger partial charge in [-0.05, 0) is 43.9 Å². The molecule has 0 saturated heterocycles. The van der Waals surface area contributed by atoms with Crippen LogP contribution >= 0.6 is 0 Å². The van der Waals surface area contributed by atoms with Gasteiger partial charge in [-0.1, -0.05) is 19.8 Å². The van der Waals surface area contributed by atoms with Crippen LogP contribution in [0.3, 0.4) is 0 Å². The zero-order chi connectivity index (χ0) is 11.1. The molecule has 2 nitrogen and oxygen atoms in total. The third kappa shape index (κ3) is 4.52. The smallest absolute Gasteiger partial charge is 0.0568 e. The van der Waals surface area contributed by atoms with Gasteiger partial charge in [0.25, 0.3) is 0 Å². The summed E-state index contributed by atoms with van der Waals surface area (Å²) in [5, 5.41) is 9.91. The van der Waals surface area contributed by atoms with Crippen molar-refractivity contribution in [2.24, 2.45) is 11.8 Å². The Hall–Kier alpha value is -0.0800. The van der Waals surface area contributed by atoms with Gasteiger partial charge in [0.2, 0.25) is 0 Å². The predicted octanol–water partition coefficient (Wildman–Crippen LogP) is 2.99. The van der Waals surface area contributed by atoms with Crippen LogP contribution in [0, 0.1) is 11.8 Å². The van der Waals surface area contributed by atoms with Gasteiger partial charge < -0.3 is 9.84 Å². The maximum atomic E-state index is 9.91. The zero-order valence-corrected chi connectivity index (χ0v) is 10.2. The molecule has 0 heterocycles. The van der Waals surface area contributed by atoms with Crippen LogP contribution in [0.4, 0.5) is 0 Å². The van der Waals surface area contributed by atoms with Crippen LogP contribution in [0.5, 0.6) is 0 Å². The summed E-state index contributed by atoms with van der Waals surface area (Å²) in [6.45, 7) is 3.09. The molecule has 0 aliphatic heterocycles. The molecular weight excluding hydrogens is 188 g/mol. The van der Waals surface area contributed by atoms with Crippen molar-refractivity contribution in [1.82, 2.24) is 0 Å². The van der Waals surface area contributed by atoms with E-state index in [2.05, 4.69) is 6.92 Å². The van der Waals surface area contributed by atoms with Crippen LogP contribution in [-0.4, -0.2) is 24.9 Å². The van der Waals surface area contributed by atoms with Crippen LogP contribution in [0.2, 0.25) is 0 Å². The summed E-state index contributed by atoms with van der Waals surface area (Å²) in [7, 11) is 1.75. The number of aliphatic hydroxyl groups is 1. The van der Waals surface area contributed by atoms with Gasteiger partial charge >= 0.3 is 0 Å². The van der Waals surface area contributed by atoms with E-state index in [1.165, 1.54) is 25.7 Å². The Labute approximate surface area is 94.0 Å². The first kappa shape index (κ1) is 13.0. The third-order valence-corrected chi connectivity index (χ3v) is 3.67. The van der Waals surface area contributed by atoms with E-state index in [-0.39, 0.29) is 6.10 Å². The standard InChI is InChI=1S/C13H26O2/c1-3-5-11-7-8-13(14)12(10-11)6-4-9-15-2/h11-14H,3-10H2,1-2H3. The maximum absolute atomic E-state index is 9.91. The lowest BCUT2D eigenvalue weighted by Crippen LogP contribution is -2.29. The monoisotopic (exact) mass is 214 g/mol. The first-order valence-corrected chi connectivity index (χ1v) is 6.45. The van der Waals surface area contributed by atoms with Crippen molar-refractivity contribution in [3.05, 3.63) is 0 Å². The molecule has 0 aromatic heterocycles. The molecule has 1 fully saturated rings. The molecule has 0 bridgehead atoms. The van der Waals surface area contributed by atoms with Crippen LogP contribution in [0.1, 0.15) is 51.9 Å². The SMILES string of the molecule is CCCC1CCC(O)C(CCCOC)C1. The molecule has 1 rings (SSSR count). The van der Waals surface area contributed by atoms with Crippen molar-refractivity contribution in [3.8, 4) is 0 Å². The van der Waals surface area contributed by atoms with Crippen molar-refractivity contribution in [3.63, 3.8) is 0 Å². The molecule has 0 amide bonds. The molecule has 0 spiro atoms. The number of hydrogen-bond donors (Lipinski definition) is 1. The van der Waals surface area contributed by atoms with Gasteiger partial charge in [0.05, 0.1) is 6.10 Å². The lowest BCUT2D eigenvalue weighted by Gasteiger charge is -2.33. The molecule has 1 aliphatic rings. The minimum Gasteiger partial charge on any atom is -0.393 e. The molecule has 0 aromatic rings. The predicted molar refractivity (Wildman–Crippen MR) is 62.9 cm³/mol. The Balaban J connectivity index is 2.26. The highest BCUT2D eigenvalue weighted by atomic mass is 16.5. The van der Waals surface area contributed by atoms with E-state index in [9.17, 15) is 5.11 Å². The Kier molecular flexibility index (Phi) is 6.26. The summed E-state index contributed by atoms with van der Waals surface area (Å²) >= 11 is 0. The Morgan fingerprint density at radius 3 is 2.73 bits per heavy atom. The Morgan fingerprint density at radius 2 is 2.07 bits per heavy atom. The quantitative estimate of drug-likeness (QED) is 0.689. The van der Waals surface area contributed by atoms with Gasteiger partial charge in [-0.15, -0.1) is 0 Å². The first-order valence-electron chi connectivity index (χ1n) is 6.45. The van der Waals surface area contributed by atoms with Crippen molar-refractivity contribution < 1.29 is 9.84 Å². The van der Waals surface area contributed by atoms with Crippen LogP contribution in [0.15, 0.2) is 0 Å². The average Bonchev–Trinajstić information content (AvgIpc) is 2.23. The van der Waals surface area contributed by atoms with E-state index in [0.717, 1.165) is 31.8 Å². The van der Waals surface area contributed by atoms with Crippen molar-refractivity contribution in [2.75, 3.05) is 13.7 Å². The van der Waals surface area contributed by atoms with Crippen molar-refractivity contribution in [2.45, 2.75) is 58.0 Å². The molecule has 2 heteroatoms. The van der Waals surface area contributed by atoms with Crippen molar-refractivity contribution in [1.29, 1.82) is 0 Å². The highest BCUT2D eigenvalue weighted by Crippen LogP contribution is 2.34. The van der Waals surface area contributed by atoms with Gasteiger partial charge in [-0.25, -0.2) is 0 Å². The first-order chi connectivity index (χ1) is 7.27. The number of ether oxygens (including phenoxy) is 1. The largest absolute Gasteiger partial charge is 0.393 e. The maximum Gasteiger partial charge on any atom is 0.0568 e. The average molecular weight is 214 g/mol. The fourth-order valence-corrected chi connectivity index (χ4v) is 2.82. The zero-order valence-electron chi connectivity index (χ0n) is 10.2. The third-order valence-electron chi connectivity index (χ3n) is 3.67. The molecule has 1 aliphatic carbocycles. The minimum atomic E-state index is -0.0463. The number of rotatable bonds is 6. The summed E-state index contributed by atoms with van der Waals surface area (Å²) in [6.07, 6.45) is 8.29. The van der Waals surface area contributed by atoms with Crippen LogP contribution < -0.4 is 0 Å². The molecule has 3 unspecified atom stereocenters. The second kappa shape index (κ2) is 7.24. The molecule has 90 valence electrons. The normalized spacial score (nSPS) is 31.8. The summed E-state index contributed by atoms with van der Waals surface area (Å²) < 4.78 is 5.06. The minimum absolute atomic E-state index is 0.0463. The molecular formula is C13H26O2. The van der Waals surface area contributed by atoms with E-state index < -0.39 is 0 Å². The van der Waals surface area contributed by atoms with Crippen LogP contribution in [0.25, 0.3) is 0 Å². The molecule has 0 radical (unpaired) electrons. The molecule has 15 heavy (non-hydrogen) atoms. The molecule has 1 N–H and O–H groups in total. The Bertz CT molecular complexity index is 159. The highest BCUT2D eigenvalue weighted by molar-refractivity contribution is 4.79. The fourth-order valence-electron chi connectivity index (χ4n) is 2.82. The molecule has 1 saturated carbocycles. The number of aliphatic hydroxyl groups excluding tert-OH is 1. The van der Waals surface area contributed by atoms with Gasteiger partial charge in [-0.3, -0.25) is 0 Å². The van der Waals surface area contributed by atoms with Gasteiger partial charge in [-0.2, -0.15) is 0 Å². The second-order valence-electron chi connectivity index (χ2n) is 4.93. The van der Waals surface area contributed by atoms with E-state index in [1.54, 1.807) is 7.11 Å². The van der Waals surface area contributed by atoms with Crippen LogP contribution in [-0.2, 0) is 4.74 Å². The topological polar surface area (TPSA) is 29.5 Å². The number of methoxy groups -OCH3 is 1. The summed E-state index contributed by atoms with van der Waals surface area (Å²) in [6, 6.07) is 0. The highest BCUT2D eigenvalue weighted by Gasteiger charge is 2.27. The van der Waals surface area contributed by atoms with E-state index in [1.807, 2.05) is 0 Å². The number of hydrogen-bond acceptors (Lipinski definition) is 2.